The van der Waals surface area contributed by atoms with Crippen LogP contribution in [0.4, 0.5) is 0 Å². The molecule has 2 heterocycles. The molecule has 43 heavy (non-hydrogen) atoms. The normalized spacial score (nSPS) is 30.2. The third-order valence-corrected chi connectivity index (χ3v) is 11.1. The minimum absolute atomic E-state index is 0.561. The number of hydrogen-bond acceptors (Lipinski definition) is 2. The molecule has 0 amide bonds. The number of aromatic nitrogens is 2. The maximum absolute atomic E-state index is 4.88. The lowest BCUT2D eigenvalue weighted by Crippen LogP contribution is -2.43. The maximum Gasteiger partial charge on any atom is 0.0703 e. The molecule has 0 N–H and O–H groups in total. The van der Waals surface area contributed by atoms with E-state index in [1.165, 1.54) is 68.1 Å². The van der Waals surface area contributed by atoms with Crippen molar-refractivity contribution in [2.45, 2.75) is 79.1 Å². The van der Waals surface area contributed by atoms with E-state index < -0.39 is 0 Å². The molecule has 2 heteroatoms. The Bertz CT molecular complexity index is 1430. The average molecular weight is 571 g/mol. The van der Waals surface area contributed by atoms with Crippen molar-refractivity contribution in [2.24, 2.45) is 41.4 Å². The van der Waals surface area contributed by atoms with Gasteiger partial charge >= 0.3 is 0 Å². The number of nitrogens with zero attached hydrogens (tertiary/aromatic N) is 2. The first-order valence-electron chi connectivity index (χ1n) is 17.1. The van der Waals surface area contributed by atoms with Gasteiger partial charge in [0.1, 0.15) is 0 Å². The van der Waals surface area contributed by atoms with Crippen LogP contribution in [0.25, 0.3) is 16.8 Å². The summed E-state index contributed by atoms with van der Waals surface area (Å²) in [5, 5.41) is 0. The van der Waals surface area contributed by atoms with Gasteiger partial charge in [-0.1, -0.05) is 106 Å². The van der Waals surface area contributed by atoms with Crippen LogP contribution in [-0.2, 0) is 0 Å². The highest BCUT2D eigenvalue weighted by molar-refractivity contribution is 5.80. The Labute approximate surface area is 260 Å². The van der Waals surface area contributed by atoms with Gasteiger partial charge < -0.3 is 0 Å². The molecule has 4 aliphatic carbocycles. The molecule has 2 aromatic rings. The molecule has 0 saturated heterocycles. The number of fused-ring (bicyclic) bond motifs is 1. The van der Waals surface area contributed by atoms with Crippen molar-refractivity contribution in [3.63, 3.8) is 0 Å². The molecule has 0 aromatic carbocycles. The summed E-state index contributed by atoms with van der Waals surface area (Å²) >= 11 is 0. The summed E-state index contributed by atoms with van der Waals surface area (Å²) in [6, 6.07) is 8.50. The third kappa shape index (κ3) is 5.95. The molecular formula is C41H50N2. The minimum atomic E-state index is 0.561. The van der Waals surface area contributed by atoms with E-state index in [1.54, 1.807) is 11.1 Å². The monoisotopic (exact) mass is 570 g/mol. The summed E-state index contributed by atoms with van der Waals surface area (Å²) < 4.78 is 0. The summed E-state index contributed by atoms with van der Waals surface area (Å²) in [6.07, 6.45) is 35.3. The molecule has 0 bridgehead atoms. The first kappa shape index (κ1) is 29.8. The summed E-state index contributed by atoms with van der Waals surface area (Å²) in [5.41, 5.74) is 9.78. The van der Waals surface area contributed by atoms with Crippen molar-refractivity contribution in [3.8, 4) is 11.3 Å². The van der Waals surface area contributed by atoms with E-state index >= 15 is 0 Å². The smallest absolute Gasteiger partial charge is 0.0703 e. The number of allylic oxidation sites excluding steroid dienone is 12. The highest BCUT2D eigenvalue weighted by atomic mass is 14.7. The molecule has 0 aliphatic heterocycles. The Kier molecular flexibility index (Phi) is 9.41. The summed E-state index contributed by atoms with van der Waals surface area (Å²) in [7, 11) is 0. The first-order chi connectivity index (χ1) is 21.1. The molecule has 0 radical (unpaired) electrons. The summed E-state index contributed by atoms with van der Waals surface area (Å²) in [5.74, 6) is 4.51. The van der Waals surface area contributed by atoms with Crippen molar-refractivity contribution >= 4 is 5.57 Å². The molecule has 7 unspecified atom stereocenters. The number of unbranched alkanes of at least 4 members (excludes halogenated alkanes) is 1. The second-order valence-electron chi connectivity index (χ2n) is 13.4. The van der Waals surface area contributed by atoms with Crippen LogP contribution in [0.5, 0.6) is 0 Å². The van der Waals surface area contributed by atoms with Crippen LogP contribution >= 0.6 is 0 Å². The second kappa shape index (κ2) is 13.6. The molecule has 7 atom stereocenters. The van der Waals surface area contributed by atoms with Gasteiger partial charge in [-0.2, -0.15) is 0 Å². The van der Waals surface area contributed by atoms with Gasteiger partial charge in [-0.05, 0) is 110 Å². The van der Waals surface area contributed by atoms with Gasteiger partial charge in [0.15, 0.2) is 0 Å². The SMILES string of the molecule is CCCCC1C(C)C(C2C=CC(c3ccc(-c4ccncc4)nc3)=C3C=CCCC32)C(CCC)=C(C)C1C1C=CC=CC1. The third-order valence-electron chi connectivity index (χ3n) is 11.1. The maximum atomic E-state index is 4.88. The Balaban J connectivity index is 1.37. The van der Waals surface area contributed by atoms with Crippen LogP contribution in [0.2, 0.25) is 0 Å². The topological polar surface area (TPSA) is 25.8 Å². The number of hydrogen-bond donors (Lipinski definition) is 0. The van der Waals surface area contributed by atoms with Gasteiger partial charge in [0.2, 0.25) is 0 Å². The lowest BCUT2D eigenvalue weighted by Gasteiger charge is -2.51. The van der Waals surface area contributed by atoms with Crippen LogP contribution < -0.4 is 0 Å². The number of rotatable bonds is 9. The summed E-state index contributed by atoms with van der Waals surface area (Å²) in [6.45, 7) is 9.92. The van der Waals surface area contributed by atoms with Crippen LogP contribution in [0.3, 0.4) is 0 Å². The fourth-order valence-electron chi connectivity index (χ4n) is 9.08. The summed E-state index contributed by atoms with van der Waals surface area (Å²) in [4.78, 5) is 9.05. The Hall–Kier alpha value is -3.26. The molecule has 0 fully saturated rings. The average Bonchev–Trinajstić information content (AvgIpc) is 3.06. The van der Waals surface area contributed by atoms with E-state index in [1.807, 2.05) is 24.5 Å². The zero-order chi connectivity index (χ0) is 29.8. The highest BCUT2D eigenvalue weighted by Crippen LogP contribution is 2.56. The van der Waals surface area contributed by atoms with Crippen LogP contribution in [0.15, 0.2) is 108 Å². The quantitative estimate of drug-likeness (QED) is 0.280. The second-order valence-corrected chi connectivity index (χ2v) is 13.4. The zero-order valence-corrected chi connectivity index (χ0v) is 26.8. The fraction of sp³-hybridized carbons (Fsp3) is 0.463. The van der Waals surface area contributed by atoms with Crippen molar-refractivity contribution < 1.29 is 0 Å². The van der Waals surface area contributed by atoms with E-state index in [9.17, 15) is 0 Å². The standard InChI is InChI=1S/C41H50N2/c1-5-7-16-34-29(4)41(33(13-6-2)28(3)40(34)31-14-9-8-10-15-31)38-21-20-35(36-17-11-12-18-37(36)38)32-19-22-39(43-27-32)30-23-25-42-26-24-30/h8-11,14,17,19-27,29,31,34,37-38,40-41H,5-7,12-13,15-16,18H2,1-4H3. The molecule has 224 valence electrons. The van der Waals surface area contributed by atoms with Crippen molar-refractivity contribution in [1.29, 1.82) is 0 Å². The van der Waals surface area contributed by atoms with E-state index in [4.69, 9.17) is 4.98 Å². The predicted octanol–water partition coefficient (Wildman–Crippen LogP) is 11.0. The van der Waals surface area contributed by atoms with Gasteiger partial charge in [-0.25, -0.2) is 0 Å². The van der Waals surface area contributed by atoms with Crippen LogP contribution in [0, 0.1) is 41.4 Å². The number of pyridine rings is 2. The van der Waals surface area contributed by atoms with Crippen LogP contribution in [0.1, 0.15) is 84.6 Å². The molecule has 0 spiro atoms. The van der Waals surface area contributed by atoms with E-state index in [0.29, 0.717) is 35.5 Å². The molecule has 0 saturated carbocycles. The Morgan fingerprint density at radius 1 is 0.884 bits per heavy atom. The van der Waals surface area contributed by atoms with Crippen molar-refractivity contribution in [1.82, 2.24) is 9.97 Å². The van der Waals surface area contributed by atoms with Gasteiger partial charge in [0, 0.05) is 29.7 Å². The highest BCUT2D eigenvalue weighted by Gasteiger charge is 2.47. The van der Waals surface area contributed by atoms with Gasteiger partial charge in [-0.15, -0.1) is 0 Å². The molecule has 6 rings (SSSR count). The zero-order valence-electron chi connectivity index (χ0n) is 26.8. The lowest BCUT2D eigenvalue weighted by atomic mass is 9.53. The van der Waals surface area contributed by atoms with Crippen molar-refractivity contribution in [2.75, 3.05) is 0 Å². The minimum Gasteiger partial charge on any atom is -0.265 e. The van der Waals surface area contributed by atoms with Gasteiger partial charge in [0.05, 0.1) is 5.69 Å². The van der Waals surface area contributed by atoms with Crippen LogP contribution in [-0.4, -0.2) is 9.97 Å². The molecule has 2 nitrogen and oxygen atoms in total. The first-order valence-corrected chi connectivity index (χ1v) is 17.1. The Morgan fingerprint density at radius 2 is 1.74 bits per heavy atom. The van der Waals surface area contributed by atoms with E-state index in [2.05, 4.69) is 99.6 Å². The predicted molar refractivity (Wildman–Crippen MR) is 182 cm³/mol. The molecule has 4 aliphatic rings. The largest absolute Gasteiger partial charge is 0.265 e. The molecular weight excluding hydrogens is 520 g/mol. The van der Waals surface area contributed by atoms with Gasteiger partial charge in [0.25, 0.3) is 0 Å². The van der Waals surface area contributed by atoms with E-state index in [-0.39, 0.29) is 0 Å². The lowest BCUT2D eigenvalue weighted by molar-refractivity contribution is 0.107. The van der Waals surface area contributed by atoms with E-state index in [0.717, 1.165) is 17.2 Å². The van der Waals surface area contributed by atoms with Gasteiger partial charge in [-0.3, -0.25) is 9.97 Å². The van der Waals surface area contributed by atoms with Crippen molar-refractivity contribution in [3.05, 3.63) is 114 Å². The fourth-order valence-corrected chi connectivity index (χ4v) is 9.08. The Morgan fingerprint density at radius 3 is 2.47 bits per heavy atom. The molecule has 2 aromatic heterocycles.